The van der Waals surface area contributed by atoms with Crippen molar-refractivity contribution in [3.63, 3.8) is 0 Å². The molecule has 0 spiro atoms. The van der Waals surface area contributed by atoms with E-state index in [1.54, 1.807) is 27.7 Å². The van der Waals surface area contributed by atoms with E-state index in [1.165, 1.54) is 0 Å². The fourth-order valence-electron chi connectivity index (χ4n) is 0.791. The molecule has 4 nitrogen and oxygen atoms in total. The predicted octanol–water partition coefficient (Wildman–Crippen LogP) is 2.54. The lowest BCUT2D eigenvalue weighted by Crippen LogP contribution is -2.16. The van der Waals surface area contributed by atoms with Gasteiger partial charge in [-0.05, 0) is 11.8 Å². The van der Waals surface area contributed by atoms with Gasteiger partial charge in [0.25, 0.3) is 11.7 Å². The van der Waals surface area contributed by atoms with Crippen LogP contribution in [-0.4, -0.2) is 25.2 Å². The van der Waals surface area contributed by atoms with Gasteiger partial charge < -0.3 is 9.47 Å². The first-order valence-corrected chi connectivity index (χ1v) is 5.65. The monoisotopic (exact) mass is 264 g/mol. The molecule has 0 aliphatic heterocycles. The van der Waals surface area contributed by atoms with Crippen LogP contribution in [0.15, 0.2) is 11.7 Å². The van der Waals surface area contributed by atoms with Crippen LogP contribution in [0.1, 0.15) is 27.7 Å². The minimum atomic E-state index is -1.86. The van der Waals surface area contributed by atoms with Crippen LogP contribution >= 0.6 is 0 Å². The fraction of sp³-hybridized carbons (Fsp3) is 0.667. The van der Waals surface area contributed by atoms with Crippen molar-refractivity contribution >= 4 is 11.9 Å². The molecule has 18 heavy (non-hydrogen) atoms. The Morgan fingerprint density at radius 3 is 1.33 bits per heavy atom. The van der Waals surface area contributed by atoms with E-state index in [0.29, 0.717) is 0 Å². The van der Waals surface area contributed by atoms with E-state index >= 15 is 0 Å². The first-order chi connectivity index (χ1) is 8.25. The Labute approximate surface area is 105 Å². The molecule has 0 atom stereocenters. The van der Waals surface area contributed by atoms with Crippen molar-refractivity contribution in [3.05, 3.63) is 11.7 Å². The van der Waals surface area contributed by atoms with Crippen LogP contribution in [0.4, 0.5) is 8.78 Å². The number of ether oxygens (including phenoxy) is 2. The average molecular weight is 264 g/mol. The van der Waals surface area contributed by atoms with Crippen LogP contribution in [-0.2, 0) is 19.1 Å². The zero-order valence-electron chi connectivity index (χ0n) is 11.0. The Balaban J connectivity index is 4.49. The van der Waals surface area contributed by atoms with Gasteiger partial charge in [0.1, 0.15) is 0 Å². The van der Waals surface area contributed by atoms with Gasteiger partial charge >= 0.3 is 11.9 Å². The van der Waals surface area contributed by atoms with Crippen LogP contribution in [0.5, 0.6) is 0 Å². The number of hydrogen-bond acceptors (Lipinski definition) is 4. The summed E-state index contributed by atoms with van der Waals surface area (Å²) in [4.78, 5) is 22.1. The number of rotatable bonds is 6. The maximum atomic E-state index is 13.1. The van der Waals surface area contributed by atoms with Gasteiger partial charge in [0.15, 0.2) is 0 Å². The molecule has 0 amide bonds. The summed E-state index contributed by atoms with van der Waals surface area (Å²) in [6.07, 6.45) is 0. The lowest BCUT2D eigenvalue weighted by atomic mass is 10.2. The molecule has 0 N–H and O–H groups in total. The first-order valence-electron chi connectivity index (χ1n) is 5.65. The summed E-state index contributed by atoms with van der Waals surface area (Å²) >= 11 is 0. The molecule has 6 heteroatoms. The smallest absolute Gasteiger partial charge is 0.370 e. The van der Waals surface area contributed by atoms with Gasteiger partial charge in [0, 0.05) is 0 Å². The van der Waals surface area contributed by atoms with E-state index in [4.69, 9.17) is 0 Å². The molecule has 0 bridgehead atoms. The number of esters is 2. The molecular weight excluding hydrogens is 246 g/mol. The van der Waals surface area contributed by atoms with Gasteiger partial charge in [-0.15, -0.1) is 0 Å². The Kier molecular flexibility index (Phi) is 7.16. The van der Waals surface area contributed by atoms with Crippen molar-refractivity contribution in [1.82, 2.24) is 0 Å². The maximum Gasteiger partial charge on any atom is 0.370 e. The van der Waals surface area contributed by atoms with Crippen molar-refractivity contribution in [2.45, 2.75) is 27.7 Å². The average Bonchev–Trinajstić information content (AvgIpc) is 2.30. The Morgan fingerprint density at radius 2 is 1.11 bits per heavy atom. The van der Waals surface area contributed by atoms with Crippen molar-refractivity contribution in [2.24, 2.45) is 11.8 Å². The van der Waals surface area contributed by atoms with E-state index in [1.807, 2.05) is 0 Å². The highest BCUT2D eigenvalue weighted by atomic mass is 19.2. The highest BCUT2D eigenvalue weighted by Crippen LogP contribution is 2.13. The first kappa shape index (κ1) is 16.5. The predicted molar refractivity (Wildman–Crippen MR) is 60.8 cm³/mol. The summed E-state index contributed by atoms with van der Waals surface area (Å²) in [7, 11) is 0. The second-order valence-corrected chi connectivity index (χ2v) is 4.61. The molecule has 0 saturated carbocycles. The minimum absolute atomic E-state index is 0.0160. The van der Waals surface area contributed by atoms with Crippen LogP contribution in [0.2, 0.25) is 0 Å². The van der Waals surface area contributed by atoms with E-state index in [2.05, 4.69) is 9.47 Å². The molecule has 0 aromatic heterocycles. The Hall–Kier alpha value is -1.46. The highest BCUT2D eigenvalue weighted by molar-refractivity contribution is 5.97. The Morgan fingerprint density at radius 1 is 0.833 bits per heavy atom. The van der Waals surface area contributed by atoms with E-state index in [-0.39, 0.29) is 25.0 Å². The summed E-state index contributed by atoms with van der Waals surface area (Å²) in [5, 5.41) is 0. The quantitative estimate of drug-likeness (QED) is 0.546. The molecular formula is C12H18F2O4. The topological polar surface area (TPSA) is 52.6 Å². The standard InChI is InChI=1S/C12H18F2O4/c1-7(2)5-17-11(15)9(13)10(14)12(16)18-6-8(3)4/h7-8H,5-6H2,1-4H3/b10-9-. The van der Waals surface area contributed by atoms with Crippen molar-refractivity contribution < 1.29 is 27.8 Å². The van der Waals surface area contributed by atoms with Crippen LogP contribution in [0, 0.1) is 11.8 Å². The molecule has 0 fully saturated rings. The van der Waals surface area contributed by atoms with Crippen molar-refractivity contribution in [3.8, 4) is 0 Å². The summed E-state index contributed by atoms with van der Waals surface area (Å²) in [6.45, 7) is 6.84. The molecule has 104 valence electrons. The lowest BCUT2D eigenvalue weighted by Gasteiger charge is -2.07. The van der Waals surface area contributed by atoms with Crippen molar-refractivity contribution in [1.29, 1.82) is 0 Å². The van der Waals surface area contributed by atoms with Gasteiger partial charge in [0.05, 0.1) is 13.2 Å². The minimum Gasteiger partial charge on any atom is -0.460 e. The molecule has 0 radical (unpaired) electrons. The SMILES string of the molecule is CC(C)COC(=O)/C(F)=C(/F)C(=O)OCC(C)C. The second-order valence-electron chi connectivity index (χ2n) is 4.61. The summed E-state index contributed by atoms with van der Waals surface area (Å²) in [6, 6.07) is 0. The third kappa shape index (κ3) is 6.32. The van der Waals surface area contributed by atoms with E-state index < -0.39 is 23.6 Å². The molecule has 0 aliphatic rings. The van der Waals surface area contributed by atoms with E-state index in [9.17, 15) is 18.4 Å². The molecule has 0 aliphatic carbocycles. The molecule has 0 aromatic carbocycles. The zero-order valence-corrected chi connectivity index (χ0v) is 11.0. The van der Waals surface area contributed by atoms with E-state index in [0.717, 1.165) is 0 Å². The summed E-state index contributed by atoms with van der Waals surface area (Å²) < 4.78 is 35.2. The molecule has 0 aromatic rings. The van der Waals surface area contributed by atoms with Crippen LogP contribution in [0.3, 0.4) is 0 Å². The van der Waals surface area contributed by atoms with Crippen molar-refractivity contribution in [2.75, 3.05) is 13.2 Å². The third-order valence-electron chi connectivity index (χ3n) is 1.65. The maximum absolute atomic E-state index is 13.1. The summed E-state index contributed by atoms with van der Waals surface area (Å²) in [5.74, 6) is -6.74. The number of hydrogen-bond donors (Lipinski definition) is 0. The van der Waals surface area contributed by atoms with Gasteiger partial charge in [-0.25, -0.2) is 9.59 Å². The second kappa shape index (κ2) is 7.79. The fourth-order valence-corrected chi connectivity index (χ4v) is 0.791. The van der Waals surface area contributed by atoms with Crippen LogP contribution in [0.25, 0.3) is 0 Å². The molecule has 0 unspecified atom stereocenters. The summed E-state index contributed by atoms with van der Waals surface area (Å²) in [5.41, 5.74) is 0. The van der Waals surface area contributed by atoms with Crippen LogP contribution < -0.4 is 0 Å². The highest BCUT2D eigenvalue weighted by Gasteiger charge is 2.24. The molecule has 0 heterocycles. The Bertz CT molecular complexity index is 303. The van der Waals surface area contributed by atoms with Gasteiger partial charge in [0.2, 0.25) is 0 Å². The largest absolute Gasteiger partial charge is 0.460 e. The lowest BCUT2D eigenvalue weighted by molar-refractivity contribution is -0.146. The normalized spacial score (nSPS) is 12.4. The zero-order chi connectivity index (χ0) is 14.3. The molecule has 0 saturated heterocycles. The molecule has 0 rings (SSSR count). The van der Waals surface area contributed by atoms with Gasteiger partial charge in [-0.2, -0.15) is 8.78 Å². The number of carbonyl (C=O) groups is 2. The van der Waals surface area contributed by atoms with Gasteiger partial charge in [-0.1, -0.05) is 27.7 Å². The van der Waals surface area contributed by atoms with Gasteiger partial charge in [-0.3, -0.25) is 0 Å². The number of halogens is 2. The third-order valence-corrected chi connectivity index (χ3v) is 1.65. The number of carbonyl (C=O) groups excluding carboxylic acids is 2.